The van der Waals surface area contributed by atoms with Crippen molar-refractivity contribution >= 4 is 16.9 Å². The summed E-state index contributed by atoms with van der Waals surface area (Å²) in [6.07, 6.45) is 1.60. The summed E-state index contributed by atoms with van der Waals surface area (Å²) >= 11 is 0. The van der Waals surface area contributed by atoms with Crippen LogP contribution < -0.4 is 14.8 Å². The Morgan fingerprint density at radius 3 is 2.88 bits per heavy atom. The molecule has 126 valence electrons. The lowest BCUT2D eigenvalue weighted by Crippen LogP contribution is -2.23. The molecule has 3 aromatic rings. The second-order valence-corrected chi connectivity index (χ2v) is 5.11. The number of fused-ring (bicyclic) bond motifs is 1. The molecule has 0 fully saturated rings. The van der Waals surface area contributed by atoms with Crippen molar-refractivity contribution in [2.45, 2.75) is 0 Å². The van der Waals surface area contributed by atoms with Crippen molar-refractivity contribution in [3.8, 4) is 23.3 Å². The average Bonchev–Trinajstić information content (AvgIpc) is 3.12. The molecule has 1 heterocycles. The summed E-state index contributed by atoms with van der Waals surface area (Å²) in [4.78, 5) is 19.2. The van der Waals surface area contributed by atoms with Gasteiger partial charge in [0.05, 0.1) is 31.0 Å². The maximum atomic E-state index is 12.1. The van der Waals surface area contributed by atoms with Gasteiger partial charge in [-0.25, -0.2) is 4.98 Å². The van der Waals surface area contributed by atoms with E-state index in [1.54, 1.807) is 31.6 Å². The molecule has 3 rings (SSSR count). The number of nitrogens with one attached hydrogen (secondary N) is 2. The molecule has 2 aromatic carbocycles. The highest BCUT2D eigenvalue weighted by Gasteiger charge is 2.06. The summed E-state index contributed by atoms with van der Waals surface area (Å²) in [7, 11) is 1.59. The van der Waals surface area contributed by atoms with E-state index in [1.165, 1.54) is 0 Å². The van der Waals surface area contributed by atoms with Crippen LogP contribution in [0.4, 0.5) is 0 Å². The van der Waals surface area contributed by atoms with Crippen molar-refractivity contribution in [1.82, 2.24) is 15.3 Å². The van der Waals surface area contributed by atoms with E-state index in [4.69, 9.17) is 9.47 Å². The summed E-state index contributed by atoms with van der Waals surface area (Å²) in [5, 5.41) is 2.75. The van der Waals surface area contributed by atoms with Crippen LogP contribution >= 0.6 is 0 Å². The third-order valence-corrected chi connectivity index (χ3v) is 3.51. The molecule has 0 unspecified atom stereocenters. The van der Waals surface area contributed by atoms with Crippen LogP contribution in [0.3, 0.4) is 0 Å². The van der Waals surface area contributed by atoms with E-state index >= 15 is 0 Å². The molecular formula is C19H17N3O3. The molecule has 25 heavy (non-hydrogen) atoms. The summed E-state index contributed by atoms with van der Waals surface area (Å²) in [5.74, 6) is 6.83. The average molecular weight is 335 g/mol. The molecule has 1 amide bonds. The van der Waals surface area contributed by atoms with Crippen LogP contribution in [0.25, 0.3) is 11.0 Å². The van der Waals surface area contributed by atoms with Crippen LogP contribution in [0.5, 0.6) is 11.5 Å². The predicted octanol–water partition coefficient (Wildman–Crippen LogP) is 2.38. The van der Waals surface area contributed by atoms with Crippen molar-refractivity contribution in [2.24, 2.45) is 0 Å². The van der Waals surface area contributed by atoms with Crippen molar-refractivity contribution in [3.05, 3.63) is 54.4 Å². The number of H-pyrrole nitrogens is 1. The molecular weight excluding hydrogens is 318 g/mol. The van der Waals surface area contributed by atoms with Gasteiger partial charge in [-0.1, -0.05) is 24.0 Å². The lowest BCUT2D eigenvalue weighted by Gasteiger charge is -2.07. The van der Waals surface area contributed by atoms with E-state index in [0.717, 1.165) is 11.0 Å². The van der Waals surface area contributed by atoms with Crippen molar-refractivity contribution < 1.29 is 14.3 Å². The number of carbonyl (C=O) groups excluding carboxylic acids is 1. The first-order valence-electron chi connectivity index (χ1n) is 7.71. The van der Waals surface area contributed by atoms with E-state index in [0.29, 0.717) is 17.1 Å². The van der Waals surface area contributed by atoms with Gasteiger partial charge in [-0.15, -0.1) is 0 Å². The Labute approximate surface area is 145 Å². The fourth-order valence-electron chi connectivity index (χ4n) is 2.27. The highest BCUT2D eigenvalue weighted by Crippen LogP contribution is 2.25. The Hall–Kier alpha value is -3.46. The number of amides is 1. The normalized spacial score (nSPS) is 9.96. The molecule has 0 bridgehead atoms. The number of nitrogens with zero attached hydrogens (tertiary/aromatic N) is 1. The van der Waals surface area contributed by atoms with Gasteiger partial charge in [-0.05, 0) is 30.3 Å². The van der Waals surface area contributed by atoms with Crippen molar-refractivity contribution in [3.63, 3.8) is 0 Å². The van der Waals surface area contributed by atoms with Gasteiger partial charge in [0.1, 0.15) is 6.61 Å². The number of hydrogen-bond acceptors (Lipinski definition) is 4. The maximum absolute atomic E-state index is 12.1. The second kappa shape index (κ2) is 7.88. The second-order valence-electron chi connectivity index (χ2n) is 5.11. The number of carbonyl (C=O) groups is 1. The number of methoxy groups -OCH3 is 1. The fraction of sp³-hybridized carbons (Fsp3) is 0.158. The van der Waals surface area contributed by atoms with Gasteiger partial charge in [0.15, 0.2) is 11.5 Å². The predicted molar refractivity (Wildman–Crippen MR) is 94.7 cm³/mol. The number of para-hydroxylation sites is 2. The molecule has 0 aliphatic carbocycles. The first-order valence-corrected chi connectivity index (χ1v) is 7.71. The lowest BCUT2D eigenvalue weighted by atomic mass is 10.2. The minimum Gasteiger partial charge on any atom is -0.493 e. The number of benzene rings is 2. The van der Waals surface area contributed by atoms with Crippen LogP contribution in [0.1, 0.15) is 10.4 Å². The van der Waals surface area contributed by atoms with Gasteiger partial charge >= 0.3 is 0 Å². The maximum Gasteiger partial charge on any atom is 0.252 e. The minimum absolute atomic E-state index is 0.184. The number of imidazole rings is 1. The minimum atomic E-state index is -0.184. The topological polar surface area (TPSA) is 76.2 Å². The number of ether oxygens (including phenoxy) is 2. The smallest absolute Gasteiger partial charge is 0.252 e. The summed E-state index contributed by atoms with van der Waals surface area (Å²) in [6, 6.07) is 12.7. The van der Waals surface area contributed by atoms with E-state index in [2.05, 4.69) is 27.1 Å². The summed E-state index contributed by atoms with van der Waals surface area (Å²) < 4.78 is 10.7. The van der Waals surface area contributed by atoms with E-state index in [9.17, 15) is 4.79 Å². The standard InChI is InChI=1S/C19H17N3O3/c1-24-17-6-2-3-7-18(17)25-11-5-4-10-20-19(23)14-8-9-15-16(12-14)22-13-21-15/h2-3,6-9,12-13H,10-11H2,1H3,(H,20,23)(H,21,22). The number of aromatic amines is 1. The Bertz CT molecular complexity index is 937. The van der Waals surface area contributed by atoms with E-state index in [-0.39, 0.29) is 19.1 Å². The molecule has 0 atom stereocenters. The van der Waals surface area contributed by atoms with Gasteiger partial charge in [0.2, 0.25) is 0 Å². The molecule has 0 aliphatic heterocycles. The van der Waals surface area contributed by atoms with Crippen molar-refractivity contribution in [2.75, 3.05) is 20.3 Å². The molecule has 6 nitrogen and oxygen atoms in total. The van der Waals surface area contributed by atoms with E-state index in [1.807, 2.05) is 24.3 Å². The Balaban J connectivity index is 1.48. The zero-order chi connectivity index (χ0) is 17.5. The van der Waals surface area contributed by atoms with Crippen LogP contribution in [0.2, 0.25) is 0 Å². The quantitative estimate of drug-likeness (QED) is 0.702. The zero-order valence-electron chi connectivity index (χ0n) is 13.7. The molecule has 0 saturated heterocycles. The highest BCUT2D eigenvalue weighted by molar-refractivity contribution is 5.97. The van der Waals surface area contributed by atoms with Crippen LogP contribution in [0, 0.1) is 11.8 Å². The Kier molecular flexibility index (Phi) is 5.17. The van der Waals surface area contributed by atoms with Gasteiger partial charge < -0.3 is 19.8 Å². The molecule has 2 N–H and O–H groups in total. The number of aromatic nitrogens is 2. The first kappa shape index (κ1) is 16.4. The first-order chi connectivity index (χ1) is 12.3. The Morgan fingerprint density at radius 1 is 1.20 bits per heavy atom. The molecule has 6 heteroatoms. The molecule has 1 aromatic heterocycles. The third-order valence-electron chi connectivity index (χ3n) is 3.51. The van der Waals surface area contributed by atoms with Gasteiger partial charge in [0, 0.05) is 5.56 Å². The van der Waals surface area contributed by atoms with Crippen LogP contribution in [-0.2, 0) is 0 Å². The summed E-state index contributed by atoms with van der Waals surface area (Å²) in [6.45, 7) is 0.464. The molecule has 0 saturated carbocycles. The van der Waals surface area contributed by atoms with Gasteiger partial charge in [-0.2, -0.15) is 0 Å². The lowest BCUT2D eigenvalue weighted by molar-refractivity contribution is 0.0959. The zero-order valence-corrected chi connectivity index (χ0v) is 13.7. The molecule has 0 aliphatic rings. The third kappa shape index (κ3) is 4.09. The van der Waals surface area contributed by atoms with Gasteiger partial charge in [-0.3, -0.25) is 4.79 Å². The van der Waals surface area contributed by atoms with Gasteiger partial charge in [0.25, 0.3) is 5.91 Å². The van der Waals surface area contributed by atoms with Crippen LogP contribution in [0.15, 0.2) is 48.8 Å². The Morgan fingerprint density at radius 2 is 2.04 bits per heavy atom. The fourth-order valence-corrected chi connectivity index (χ4v) is 2.27. The van der Waals surface area contributed by atoms with Crippen LogP contribution in [-0.4, -0.2) is 36.1 Å². The molecule has 0 radical (unpaired) electrons. The van der Waals surface area contributed by atoms with E-state index < -0.39 is 0 Å². The monoisotopic (exact) mass is 335 g/mol. The largest absolute Gasteiger partial charge is 0.493 e. The summed E-state index contributed by atoms with van der Waals surface area (Å²) in [5.41, 5.74) is 2.21. The molecule has 0 spiro atoms. The van der Waals surface area contributed by atoms with Crippen molar-refractivity contribution in [1.29, 1.82) is 0 Å². The SMILES string of the molecule is COc1ccccc1OCC#CCNC(=O)c1ccc2nc[nH]c2c1. The number of rotatable bonds is 5. The highest BCUT2D eigenvalue weighted by atomic mass is 16.5. The number of hydrogen-bond donors (Lipinski definition) is 2.